The first kappa shape index (κ1) is 25.9. The van der Waals surface area contributed by atoms with Crippen LogP contribution in [0.3, 0.4) is 0 Å². The smallest absolute Gasteiger partial charge is 0.177 e. The third-order valence-corrected chi connectivity index (χ3v) is 8.01. The van der Waals surface area contributed by atoms with Crippen LogP contribution in [0.15, 0.2) is 42.7 Å². The molecule has 2 aliphatic heterocycles. The number of hydrogen-bond acceptors (Lipinski definition) is 9. The van der Waals surface area contributed by atoms with Crippen molar-refractivity contribution in [2.45, 2.75) is 38.0 Å². The molecule has 6 rings (SSSR count). The van der Waals surface area contributed by atoms with Crippen LogP contribution in [0.25, 0.3) is 0 Å². The van der Waals surface area contributed by atoms with Gasteiger partial charge in [-0.15, -0.1) is 0 Å². The molecule has 1 unspecified atom stereocenters. The van der Waals surface area contributed by atoms with E-state index in [1.165, 1.54) is 0 Å². The van der Waals surface area contributed by atoms with Crippen LogP contribution >= 0.6 is 11.6 Å². The van der Waals surface area contributed by atoms with Gasteiger partial charge in [0.05, 0.1) is 29.7 Å². The fourth-order valence-corrected chi connectivity index (χ4v) is 5.61. The summed E-state index contributed by atoms with van der Waals surface area (Å²) < 4.78 is 13.4. The lowest BCUT2D eigenvalue weighted by Gasteiger charge is -2.23. The van der Waals surface area contributed by atoms with Crippen LogP contribution in [-0.4, -0.2) is 72.1 Å². The second-order valence-electron chi connectivity index (χ2n) is 10.5. The third kappa shape index (κ3) is 5.68. The van der Waals surface area contributed by atoms with Crippen molar-refractivity contribution in [3.8, 4) is 11.5 Å². The molecule has 2 atom stereocenters. The van der Waals surface area contributed by atoms with Crippen molar-refractivity contribution in [2.75, 3.05) is 55.9 Å². The van der Waals surface area contributed by atoms with Gasteiger partial charge < -0.3 is 25.0 Å². The molecular weight excluding hydrogens is 518 g/mol. The van der Waals surface area contributed by atoms with Gasteiger partial charge >= 0.3 is 0 Å². The van der Waals surface area contributed by atoms with E-state index in [0.29, 0.717) is 34.7 Å². The Hall–Kier alpha value is -3.34. The Balaban J connectivity index is 1.10. The average Bonchev–Trinajstić information content (AvgIpc) is 3.36. The number of nitrogens with one attached hydrogen (secondary N) is 2. The Morgan fingerprint density at radius 3 is 2.92 bits per heavy atom. The van der Waals surface area contributed by atoms with Crippen molar-refractivity contribution in [3.63, 3.8) is 0 Å². The van der Waals surface area contributed by atoms with E-state index in [-0.39, 0.29) is 18.0 Å². The number of ether oxygens (including phenoxy) is 2. The highest BCUT2D eigenvalue weighted by Crippen LogP contribution is 2.45. The summed E-state index contributed by atoms with van der Waals surface area (Å²) in [5.41, 5.74) is 2.46. The predicted octanol–water partition coefficient (Wildman–Crippen LogP) is 4.40. The number of rotatable bonds is 11. The molecule has 4 heterocycles. The molecule has 0 radical (unpaired) electrons. The first-order valence-electron chi connectivity index (χ1n) is 13.5. The van der Waals surface area contributed by atoms with E-state index in [0.717, 1.165) is 62.7 Å². The van der Waals surface area contributed by atoms with Gasteiger partial charge in [0.1, 0.15) is 22.3 Å². The highest BCUT2D eigenvalue weighted by molar-refractivity contribution is 6.35. The van der Waals surface area contributed by atoms with Crippen LogP contribution in [0.2, 0.25) is 5.02 Å². The van der Waals surface area contributed by atoms with Crippen molar-refractivity contribution in [3.05, 3.63) is 53.4 Å². The number of ketones is 1. The third-order valence-electron chi connectivity index (χ3n) is 7.64. The number of hydrogen-bond donors (Lipinski definition) is 2. The molecule has 0 bridgehead atoms. The minimum Gasteiger partial charge on any atom is -0.456 e. The first-order chi connectivity index (χ1) is 19.0. The Kier molecular flexibility index (Phi) is 7.33. The van der Waals surface area contributed by atoms with E-state index in [9.17, 15) is 4.79 Å². The number of carbonyl (C=O) groups is 1. The van der Waals surface area contributed by atoms with Crippen molar-refractivity contribution in [1.29, 1.82) is 0 Å². The fraction of sp³-hybridized carbons (Fsp3) is 0.464. The lowest BCUT2D eigenvalue weighted by Crippen LogP contribution is -2.39. The zero-order valence-electron chi connectivity index (χ0n) is 22.3. The summed E-state index contributed by atoms with van der Waals surface area (Å²) in [6.45, 7) is 3.73. The van der Waals surface area contributed by atoms with Crippen LogP contribution in [0.1, 0.15) is 31.0 Å². The predicted molar refractivity (Wildman–Crippen MR) is 151 cm³/mol. The summed E-state index contributed by atoms with van der Waals surface area (Å²) in [5.74, 6) is 2.39. The molecule has 0 amide bonds. The van der Waals surface area contributed by atoms with Gasteiger partial charge in [-0.2, -0.15) is 5.10 Å². The largest absolute Gasteiger partial charge is 0.456 e. The van der Waals surface area contributed by atoms with E-state index in [1.54, 1.807) is 19.4 Å². The molecule has 3 aromatic rings. The minimum absolute atomic E-state index is 0.208. The van der Waals surface area contributed by atoms with E-state index in [2.05, 4.69) is 25.2 Å². The molecule has 39 heavy (non-hydrogen) atoms. The van der Waals surface area contributed by atoms with Gasteiger partial charge in [0.15, 0.2) is 12.1 Å². The van der Waals surface area contributed by atoms with Gasteiger partial charge in [-0.1, -0.05) is 11.6 Å². The highest BCUT2D eigenvalue weighted by Gasteiger charge is 2.31. The number of methoxy groups -OCH3 is 1. The number of aromatic nitrogens is 3. The number of nitrogens with zero attached hydrogens (tertiary/aromatic N) is 5. The molecule has 3 aliphatic rings. The number of fused-ring (bicyclic) bond motifs is 1. The van der Waals surface area contributed by atoms with Gasteiger partial charge in [-0.05, 0) is 37.5 Å². The Morgan fingerprint density at radius 2 is 2.10 bits per heavy atom. The van der Waals surface area contributed by atoms with Gasteiger partial charge in [-0.25, -0.2) is 0 Å². The number of carbonyl (C=O) groups excluding carboxylic acids is 1. The Bertz CT molecular complexity index is 1340. The molecule has 11 heteroatoms. The number of halogens is 1. The molecule has 1 saturated carbocycles. The fourth-order valence-electron chi connectivity index (χ4n) is 5.27. The van der Waals surface area contributed by atoms with Crippen LogP contribution in [0, 0.1) is 5.92 Å². The van der Waals surface area contributed by atoms with E-state index >= 15 is 0 Å². The molecule has 1 saturated heterocycles. The zero-order chi connectivity index (χ0) is 26.9. The topological polar surface area (TPSA) is 96.8 Å². The summed E-state index contributed by atoms with van der Waals surface area (Å²) in [6, 6.07) is 9.76. The maximum atomic E-state index is 12.2. The van der Waals surface area contributed by atoms with Gasteiger partial charge in [0.2, 0.25) is 0 Å². The number of pyridine rings is 1. The minimum atomic E-state index is -0.223. The van der Waals surface area contributed by atoms with Crippen molar-refractivity contribution >= 4 is 34.6 Å². The van der Waals surface area contributed by atoms with E-state index in [1.807, 2.05) is 42.4 Å². The second-order valence-corrected chi connectivity index (χ2v) is 10.9. The molecule has 0 spiro atoms. The molecule has 10 nitrogen and oxygen atoms in total. The highest BCUT2D eigenvalue weighted by atomic mass is 35.5. The standard InChI is InChI=1S/C28H34ClN7O3/c1-34-27-22(31-28(34)32-25-9-12-36(33-25)20-8-11-35(17-20)13-14-38-2)5-6-24(26(27)29)39-21-7-10-30-19(15-21)16-23(37)18-3-4-18/h5-7,9-10,12,15,18,20,28,31H,3-4,8,11,13-14,16-17H2,1-2H3,(H,32,33)/t20-,28?/m1/s1. The molecule has 2 aromatic heterocycles. The maximum Gasteiger partial charge on any atom is 0.177 e. The quantitative estimate of drug-likeness (QED) is 0.359. The monoisotopic (exact) mass is 551 g/mol. The summed E-state index contributed by atoms with van der Waals surface area (Å²) >= 11 is 6.84. The SMILES string of the molecule is COCCN1CC[C@@H](n2ccc(NC3Nc4ccc(Oc5ccnc(CC(=O)C6CC6)c5)c(Cl)c4N3C)n2)C1. The van der Waals surface area contributed by atoms with E-state index in [4.69, 9.17) is 26.2 Å². The number of Topliss-reactive ketones (excluding diaryl/α,β-unsaturated/α-hetero) is 1. The Labute approximate surface area is 233 Å². The van der Waals surface area contributed by atoms with Gasteiger partial charge in [0, 0.05) is 70.7 Å². The molecule has 2 fully saturated rings. The summed E-state index contributed by atoms with van der Waals surface area (Å²) in [5, 5.41) is 12.3. The molecule has 1 aliphatic carbocycles. The van der Waals surface area contributed by atoms with Crippen molar-refractivity contribution < 1.29 is 14.3 Å². The van der Waals surface area contributed by atoms with Crippen LogP contribution in [0.5, 0.6) is 11.5 Å². The first-order valence-corrected chi connectivity index (χ1v) is 13.9. The molecule has 2 N–H and O–H groups in total. The van der Waals surface area contributed by atoms with Gasteiger partial charge in [0.25, 0.3) is 0 Å². The molecule has 1 aromatic carbocycles. The lowest BCUT2D eigenvalue weighted by molar-refractivity contribution is -0.119. The number of likely N-dealkylation sites (tertiary alicyclic amines) is 1. The molecular formula is C28H34ClN7O3. The maximum absolute atomic E-state index is 12.2. The second kappa shape index (κ2) is 11.0. The van der Waals surface area contributed by atoms with Crippen molar-refractivity contribution in [1.82, 2.24) is 19.7 Å². The van der Waals surface area contributed by atoms with E-state index < -0.39 is 0 Å². The van der Waals surface area contributed by atoms with Crippen LogP contribution < -0.4 is 20.3 Å². The van der Waals surface area contributed by atoms with Crippen LogP contribution in [-0.2, 0) is 16.0 Å². The lowest BCUT2D eigenvalue weighted by atomic mass is 10.1. The van der Waals surface area contributed by atoms with Crippen LogP contribution in [0.4, 0.5) is 17.2 Å². The Morgan fingerprint density at radius 1 is 1.23 bits per heavy atom. The molecule has 206 valence electrons. The summed E-state index contributed by atoms with van der Waals surface area (Å²) in [7, 11) is 3.71. The summed E-state index contributed by atoms with van der Waals surface area (Å²) in [4.78, 5) is 21.0. The van der Waals surface area contributed by atoms with Gasteiger partial charge in [-0.3, -0.25) is 19.4 Å². The summed E-state index contributed by atoms with van der Waals surface area (Å²) in [6.07, 6.45) is 6.88. The normalized spacial score (nSPS) is 20.6. The van der Waals surface area contributed by atoms with Crippen molar-refractivity contribution in [2.24, 2.45) is 5.92 Å². The average molecular weight is 552 g/mol. The number of anilines is 3. The number of benzene rings is 1. The zero-order valence-corrected chi connectivity index (χ0v) is 23.0.